The number of aromatic nitrogens is 3. The molecule has 0 aliphatic carbocycles. The van der Waals surface area contributed by atoms with Crippen molar-refractivity contribution in [1.82, 2.24) is 20.1 Å². The molecule has 2 amide bonds. The number of allylic oxidation sites excluding steroid dienone is 1. The molecule has 172 valence electrons. The Kier molecular flexibility index (Phi) is 8.49. The quantitative estimate of drug-likeness (QED) is 0.309. The zero-order chi connectivity index (χ0) is 24.0. The number of anilines is 1. The fourth-order valence-corrected chi connectivity index (χ4v) is 4.25. The van der Waals surface area contributed by atoms with Crippen LogP contribution in [0.5, 0.6) is 0 Å². The molecule has 1 heterocycles. The van der Waals surface area contributed by atoms with Crippen molar-refractivity contribution >= 4 is 52.5 Å². The van der Waals surface area contributed by atoms with Gasteiger partial charge in [0.05, 0.1) is 17.4 Å². The van der Waals surface area contributed by atoms with Crippen molar-refractivity contribution in [2.75, 3.05) is 11.1 Å². The van der Waals surface area contributed by atoms with Crippen molar-refractivity contribution in [3.05, 3.63) is 82.4 Å². The third-order valence-electron chi connectivity index (χ3n) is 4.39. The van der Waals surface area contributed by atoms with Crippen LogP contribution < -0.4 is 10.6 Å². The first kappa shape index (κ1) is 24.8. The normalized spacial score (nSPS) is 11.6. The molecule has 2 aromatic carbocycles. The molecule has 1 aromatic heterocycles. The van der Waals surface area contributed by atoms with Gasteiger partial charge in [-0.25, -0.2) is 4.39 Å². The van der Waals surface area contributed by atoms with Crippen molar-refractivity contribution in [3.8, 4) is 0 Å². The van der Waals surface area contributed by atoms with E-state index in [-0.39, 0.29) is 17.2 Å². The molecular formula is C22H20Cl2FN5O2S. The average molecular weight is 508 g/mol. The molecule has 0 saturated carbocycles. The Morgan fingerprint density at radius 3 is 2.58 bits per heavy atom. The first-order chi connectivity index (χ1) is 15.8. The zero-order valence-corrected chi connectivity index (χ0v) is 19.8. The van der Waals surface area contributed by atoms with Crippen molar-refractivity contribution in [1.29, 1.82) is 0 Å². The van der Waals surface area contributed by atoms with Gasteiger partial charge in [0, 0.05) is 22.3 Å². The molecule has 0 unspecified atom stereocenters. The Morgan fingerprint density at radius 1 is 1.21 bits per heavy atom. The van der Waals surface area contributed by atoms with E-state index in [0.29, 0.717) is 33.3 Å². The van der Waals surface area contributed by atoms with Crippen molar-refractivity contribution in [3.63, 3.8) is 0 Å². The number of hydrogen-bond acceptors (Lipinski definition) is 5. The fourth-order valence-electron chi connectivity index (χ4n) is 2.97. The lowest BCUT2D eigenvalue weighted by atomic mass is 10.2. The van der Waals surface area contributed by atoms with Crippen LogP contribution in [-0.2, 0) is 11.3 Å². The highest BCUT2D eigenvalue weighted by Gasteiger charge is 2.21. The number of nitrogens with one attached hydrogen (secondary N) is 2. The maximum atomic E-state index is 13.9. The molecule has 3 rings (SSSR count). The van der Waals surface area contributed by atoms with E-state index >= 15 is 0 Å². The lowest BCUT2D eigenvalue weighted by Crippen LogP contribution is -2.29. The van der Waals surface area contributed by atoms with Gasteiger partial charge in [-0.2, -0.15) is 0 Å². The summed E-state index contributed by atoms with van der Waals surface area (Å²) in [5.74, 6) is -0.964. The summed E-state index contributed by atoms with van der Waals surface area (Å²) in [5.41, 5.74) is 0.419. The van der Waals surface area contributed by atoms with E-state index in [1.807, 2.05) is 0 Å². The molecule has 0 bridgehead atoms. The van der Waals surface area contributed by atoms with Crippen molar-refractivity contribution in [2.45, 2.75) is 24.7 Å². The van der Waals surface area contributed by atoms with Crippen molar-refractivity contribution < 1.29 is 14.0 Å². The first-order valence-electron chi connectivity index (χ1n) is 9.76. The highest BCUT2D eigenvalue weighted by atomic mass is 35.5. The van der Waals surface area contributed by atoms with Gasteiger partial charge in [-0.15, -0.1) is 16.8 Å². The van der Waals surface area contributed by atoms with E-state index in [2.05, 4.69) is 27.4 Å². The summed E-state index contributed by atoms with van der Waals surface area (Å²) < 4.78 is 15.6. The largest absolute Gasteiger partial charge is 0.342 e. The van der Waals surface area contributed by atoms with E-state index in [4.69, 9.17) is 23.2 Å². The van der Waals surface area contributed by atoms with Crippen LogP contribution in [0.3, 0.4) is 0 Å². The van der Waals surface area contributed by atoms with Gasteiger partial charge in [0.25, 0.3) is 5.91 Å². The number of amides is 2. The summed E-state index contributed by atoms with van der Waals surface area (Å²) in [6.45, 7) is 5.81. The van der Waals surface area contributed by atoms with Crippen LogP contribution in [0.15, 0.2) is 60.3 Å². The SMILES string of the molecule is C=CCn1c(SCC(=O)Nc2cc(Cl)cc(Cl)c2)nnc1[C@H](C)NC(=O)c1ccccc1F. The summed E-state index contributed by atoms with van der Waals surface area (Å²) in [6.07, 6.45) is 1.65. The minimum absolute atomic E-state index is 0.0510. The monoisotopic (exact) mass is 507 g/mol. The Hall–Kier alpha value is -2.88. The van der Waals surface area contributed by atoms with Crippen molar-refractivity contribution in [2.24, 2.45) is 0 Å². The third kappa shape index (κ3) is 6.56. The second kappa shape index (κ2) is 11.3. The van der Waals surface area contributed by atoms with Gasteiger partial charge in [0.15, 0.2) is 11.0 Å². The summed E-state index contributed by atoms with van der Waals surface area (Å²) in [5, 5.41) is 15.0. The number of rotatable bonds is 9. The zero-order valence-electron chi connectivity index (χ0n) is 17.5. The fraction of sp³-hybridized carbons (Fsp3) is 0.182. The molecule has 1 atom stereocenters. The maximum Gasteiger partial charge on any atom is 0.254 e. The van der Waals surface area contributed by atoms with E-state index < -0.39 is 17.8 Å². The average Bonchev–Trinajstić information content (AvgIpc) is 3.14. The summed E-state index contributed by atoms with van der Waals surface area (Å²) in [6, 6.07) is 9.90. The number of benzene rings is 2. The van der Waals surface area contributed by atoms with E-state index in [1.165, 1.54) is 30.0 Å². The molecule has 0 aliphatic rings. The van der Waals surface area contributed by atoms with E-state index in [9.17, 15) is 14.0 Å². The highest BCUT2D eigenvalue weighted by molar-refractivity contribution is 7.99. The van der Waals surface area contributed by atoms with Crippen LogP contribution in [0.4, 0.5) is 10.1 Å². The molecule has 33 heavy (non-hydrogen) atoms. The molecule has 0 radical (unpaired) electrons. The Labute approximate surface area is 204 Å². The Morgan fingerprint density at radius 2 is 1.91 bits per heavy atom. The van der Waals surface area contributed by atoms with Gasteiger partial charge in [-0.05, 0) is 37.3 Å². The number of halogens is 3. The number of carbonyl (C=O) groups is 2. The van der Waals surface area contributed by atoms with Gasteiger partial charge < -0.3 is 15.2 Å². The number of hydrogen-bond donors (Lipinski definition) is 2. The molecule has 0 spiro atoms. The molecule has 7 nitrogen and oxygen atoms in total. The molecule has 0 fully saturated rings. The molecule has 2 N–H and O–H groups in total. The predicted octanol–water partition coefficient (Wildman–Crippen LogP) is 5.13. The van der Waals surface area contributed by atoms with Crippen LogP contribution in [0.25, 0.3) is 0 Å². The Balaban J connectivity index is 1.68. The third-order valence-corrected chi connectivity index (χ3v) is 5.79. The van der Waals surface area contributed by atoms with Gasteiger partial charge >= 0.3 is 0 Å². The Bertz CT molecular complexity index is 1170. The van der Waals surface area contributed by atoms with Gasteiger partial charge in [0.2, 0.25) is 5.91 Å². The lowest BCUT2D eigenvalue weighted by molar-refractivity contribution is -0.113. The molecule has 0 aliphatic heterocycles. The number of nitrogens with zero attached hydrogens (tertiary/aromatic N) is 3. The standard InChI is InChI=1S/C22H20Cl2FN5O2S/c1-3-8-30-20(13(2)26-21(32)17-6-4-5-7-18(17)25)28-29-22(30)33-12-19(31)27-16-10-14(23)9-15(24)11-16/h3-7,9-11,13H,1,8,12H2,2H3,(H,26,32)(H,27,31)/t13-/m0/s1. The molecular weight excluding hydrogens is 488 g/mol. The smallest absolute Gasteiger partial charge is 0.254 e. The highest BCUT2D eigenvalue weighted by Crippen LogP contribution is 2.24. The minimum Gasteiger partial charge on any atom is -0.342 e. The van der Waals surface area contributed by atoms with E-state index in [0.717, 1.165) is 0 Å². The van der Waals surface area contributed by atoms with Gasteiger partial charge in [-0.3, -0.25) is 9.59 Å². The molecule has 11 heteroatoms. The number of thioether (sulfide) groups is 1. The minimum atomic E-state index is -0.613. The van der Waals surface area contributed by atoms with Gasteiger partial charge in [0.1, 0.15) is 5.82 Å². The van der Waals surface area contributed by atoms with E-state index in [1.54, 1.807) is 41.8 Å². The lowest BCUT2D eigenvalue weighted by Gasteiger charge is -2.15. The summed E-state index contributed by atoms with van der Waals surface area (Å²) in [4.78, 5) is 24.8. The first-order valence-corrected chi connectivity index (χ1v) is 11.5. The predicted molar refractivity (Wildman–Crippen MR) is 128 cm³/mol. The van der Waals surface area contributed by atoms with Crippen LogP contribution in [0, 0.1) is 5.82 Å². The maximum absolute atomic E-state index is 13.9. The second-order valence-electron chi connectivity index (χ2n) is 6.91. The second-order valence-corrected chi connectivity index (χ2v) is 8.73. The van der Waals surface area contributed by atoms with Crippen LogP contribution >= 0.6 is 35.0 Å². The summed E-state index contributed by atoms with van der Waals surface area (Å²) >= 11 is 13.1. The molecule has 3 aromatic rings. The van der Waals surface area contributed by atoms with Crippen LogP contribution in [0.1, 0.15) is 29.1 Å². The van der Waals surface area contributed by atoms with Crippen LogP contribution in [0.2, 0.25) is 10.0 Å². The summed E-state index contributed by atoms with van der Waals surface area (Å²) in [7, 11) is 0. The number of carbonyl (C=O) groups excluding carboxylic acids is 2. The molecule has 0 saturated heterocycles. The van der Waals surface area contributed by atoms with Crippen LogP contribution in [-0.4, -0.2) is 32.3 Å². The van der Waals surface area contributed by atoms with Gasteiger partial charge in [-0.1, -0.05) is 53.2 Å². The topological polar surface area (TPSA) is 88.9 Å².